The van der Waals surface area contributed by atoms with Crippen molar-refractivity contribution < 1.29 is 31.1 Å². The quantitative estimate of drug-likeness (QED) is 0.298. The van der Waals surface area contributed by atoms with Crippen LogP contribution in [0.3, 0.4) is 0 Å². The van der Waals surface area contributed by atoms with Crippen LogP contribution in [0.15, 0.2) is 54.6 Å². The summed E-state index contributed by atoms with van der Waals surface area (Å²) < 4.78 is 79.2. The number of benzene rings is 2. The van der Waals surface area contributed by atoms with Crippen LogP contribution in [-0.4, -0.2) is 30.4 Å². The van der Waals surface area contributed by atoms with Crippen LogP contribution >= 0.6 is 0 Å². The molecule has 0 bridgehead atoms. The molecule has 2 aromatic rings. The van der Waals surface area contributed by atoms with Crippen molar-refractivity contribution >= 4 is 12.0 Å². The minimum atomic E-state index is -4.92. The predicted molar refractivity (Wildman–Crippen MR) is 143 cm³/mol. The molecule has 1 saturated carbocycles. The molecule has 218 valence electrons. The van der Waals surface area contributed by atoms with Crippen molar-refractivity contribution in [2.45, 2.75) is 57.9 Å². The van der Waals surface area contributed by atoms with Gasteiger partial charge in [-0.25, -0.2) is 0 Å². The van der Waals surface area contributed by atoms with Crippen molar-refractivity contribution in [3.05, 3.63) is 76.9 Å². The molecule has 2 aromatic carbocycles. The molecular weight excluding hydrogens is 530 g/mol. The Labute approximate surface area is 231 Å². The van der Waals surface area contributed by atoms with Gasteiger partial charge in [0.1, 0.15) is 0 Å². The number of halogens is 6. The molecule has 0 aromatic heterocycles. The maximum atomic E-state index is 13.2. The van der Waals surface area contributed by atoms with Crippen LogP contribution in [0.2, 0.25) is 0 Å². The summed E-state index contributed by atoms with van der Waals surface area (Å²) in [5.41, 5.74) is -1.81. The first kappa shape index (κ1) is 30.2. The van der Waals surface area contributed by atoms with Gasteiger partial charge in [0, 0.05) is 19.0 Å². The number of nitrogens with one attached hydrogen (secondary N) is 1. The molecule has 2 fully saturated rings. The van der Waals surface area contributed by atoms with E-state index in [-0.39, 0.29) is 30.0 Å². The number of nitrogens with zero attached hydrogens (tertiary/aromatic N) is 1. The van der Waals surface area contributed by atoms with Gasteiger partial charge in [-0.15, -0.1) is 0 Å². The molecule has 1 unspecified atom stereocenters. The lowest BCUT2D eigenvalue weighted by atomic mass is 9.86. The van der Waals surface area contributed by atoms with Crippen LogP contribution in [0.5, 0.6) is 0 Å². The van der Waals surface area contributed by atoms with Crippen molar-refractivity contribution in [1.29, 1.82) is 0 Å². The van der Waals surface area contributed by atoms with Crippen molar-refractivity contribution in [2.24, 2.45) is 23.7 Å². The molecule has 1 aliphatic carbocycles. The van der Waals surface area contributed by atoms with E-state index < -0.39 is 23.5 Å². The Morgan fingerprint density at radius 2 is 1.65 bits per heavy atom. The summed E-state index contributed by atoms with van der Waals surface area (Å²) in [4.78, 5) is 15.4. The number of carbonyl (C=O) groups is 1. The minimum Gasteiger partial charge on any atom is -0.352 e. The largest absolute Gasteiger partial charge is 0.416 e. The van der Waals surface area contributed by atoms with Crippen LogP contribution in [0.4, 0.5) is 26.3 Å². The van der Waals surface area contributed by atoms with Gasteiger partial charge in [0.15, 0.2) is 0 Å². The van der Waals surface area contributed by atoms with Crippen LogP contribution in [0.1, 0.15) is 61.3 Å². The van der Waals surface area contributed by atoms with E-state index in [1.165, 1.54) is 5.56 Å². The molecule has 9 heteroatoms. The standard InChI is InChI=1S/C31H36F6N2O/c1-21-20-39(13-11-25(21)10-9-22-5-3-2-4-6-22)14-12-26(15-23-7-8-23)29(40)38-19-24-16-27(30(32,33)34)18-28(17-24)31(35,36)37/h2-6,9-10,16-18,21,23,25-26H,7-8,11-15,19-20H2,1H3,(H,38,40)/b10-9-/t21-,25+,26?/m0/s1. The van der Waals surface area contributed by atoms with E-state index >= 15 is 0 Å². The minimum absolute atomic E-state index is 0.100. The molecule has 2 aliphatic rings. The number of rotatable bonds is 10. The second-order valence-corrected chi connectivity index (χ2v) is 11.3. The van der Waals surface area contributed by atoms with E-state index in [2.05, 4.69) is 41.4 Å². The Hall–Kier alpha value is -2.81. The number of hydrogen-bond acceptors (Lipinski definition) is 2. The maximum Gasteiger partial charge on any atom is 0.416 e. The Bertz CT molecular complexity index is 1120. The van der Waals surface area contributed by atoms with Gasteiger partial charge >= 0.3 is 12.4 Å². The highest BCUT2D eigenvalue weighted by molar-refractivity contribution is 5.78. The third-order valence-corrected chi connectivity index (χ3v) is 7.98. The molecule has 40 heavy (non-hydrogen) atoms. The maximum absolute atomic E-state index is 13.2. The monoisotopic (exact) mass is 566 g/mol. The third-order valence-electron chi connectivity index (χ3n) is 7.98. The molecule has 1 amide bonds. The van der Waals surface area contributed by atoms with Gasteiger partial charge in [0.25, 0.3) is 0 Å². The first-order valence-electron chi connectivity index (χ1n) is 13.9. The number of carbonyl (C=O) groups excluding carboxylic acids is 1. The highest BCUT2D eigenvalue weighted by Gasteiger charge is 2.37. The van der Waals surface area contributed by atoms with Crippen molar-refractivity contribution in [3.8, 4) is 0 Å². The highest BCUT2D eigenvalue weighted by atomic mass is 19.4. The van der Waals surface area contributed by atoms with Gasteiger partial charge in [0.2, 0.25) is 5.91 Å². The third kappa shape index (κ3) is 8.85. The molecule has 3 nitrogen and oxygen atoms in total. The predicted octanol–water partition coefficient (Wildman–Crippen LogP) is 7.82. The Balaban J connectivity index is 1.32. The second-order valence-electron chi connectivity index (χ2n) is 11.3. The van der Waals surface area contributed by atoms with E-state index in [0.29, 0.717) is 42.7 Å². The molecule has 1 heterocycles. The summed E-state index contributed by atoms with van der Waals surface area (Å²) in [7, 11) is 0. The fourth-order valence-corrected chi connectivity index (χ4v) is 5.44. The number of piperidine rings is 1. The smallest absolute Gasteiger partial charge is 0.352 e. The average Bonchev–Trinajstić information content (AvgIpc) is 3.73. The second kappa shape index (κ2) is 12.8. The SMILES string of the molecule is C[C@H]1CN(CCC(CC2CC2)C(=O)NCc2cc(C(F)(F)F)cc(C(F)(F)F)c2)CC[C@H]1/C=C\c1ccccc1. The summed E-state index contributed by atoms with van der Waals surface area (Å²) in [5.74, 6) is 0.733. The molecular formula is C31H36F6N2O. The molecule has 4 rings (SSSR count). The Morgan fingerprint density at radius 3 is 2.23 bits per heavy atom. The number of allylic oxidation sites excluding steroid dienone is 1. The molecule has 0 spiro atoms. The number of hydrogen-bond donors (Lipinski definition) is 1. The number of amides is 1. The van der Waals surface area contributed by atoms with Gasteiger partial charge < -0.3 is 10.2 Å². The van der Waals surface area contributed by atoms with Crippen molar-refractivity contribution in [1.82, 2.24) is 10.2 Å². The lowest BCUT2D eigenvalue weighted by molar-refractivity contribution is -0.143. The molecule has 1 aliphatic heterocycles. The first-order chi connectivity index (χ1) is 18.9. The Kier molecular flexibility index (Phi) is 9.64. The van der Waals surface area contributed by atoms with Crippen LogP contribution < -0.4 is 5.32 Å². The zero-order chi connectivity index (χ0) is 28.9. The van der Waals surface area contributed by atoms with E-state index in [1.807, 2.05) is 18.2 Å². The van der Waals surface area contributed by atoms with Gasteiger partial charge in [-0.2, -0.15) is 26.3 Å². The lowest BCUT2D eigenvalue weighted by Crippen LogP contribution is -2.41. The first-order valence-corrected chi connectivity index (χ1v) is 13.9. The van der Waals surface area contributed by atoms with Crippen molar-refractivity contribution in [3.63, 3.8) is 0 Å². The summed E-state index contributed by atoms with van der Waals surface area (Å²) in [5, 5.41) is 2.62. The summed E-state index contributed by atoms with van der Waals surface area (Å²) >= 11 is 0. The normalized spacial score (nSPS) is 21.5. The zero-order valence-electron chi connectivity index (χ0n) is 22.6. The van der Waals surface area contributed by atoms with E-state index in [1.54, 1.807) is 0 Å². The molecule has 1 N–H and O–H groups in total. The molecule has 0 radical (unpaired) electrons. The zero-order valence-corrected chi connectivity index (χ0v) is 22.6. The fourth-order valence-electron chi connectivity index (χ4n) is 5.44. The van der Waals surface area contributed by atoms with Crippen LogP contribution in [0, 0.1) is 23.7 Å². The summed E-state index contributed by atoms with van der Waals surface area (Å²) in [6, 6.07) is 11.6. The van der Waals surface area contributed by atoms with Crippen LogP contribution in [0.25, 0.3) is 6.08 Å². The number of likely N-dealkylation sites (tertiary alicyclic amines) is 1. The van der Waals surface area contributed by atoms with Gasteiger partial charge in [0.05, 0.1) is 11.1 Å². The van der Waals surface area contributed by atoms with Crippen molar-refractivity contribution in [2.75, 3.05) is 19.6 Å². The number of alkyl halides is 6. The van der Waals surface area contributed by atoms with E-state index in [0.717, 1.165) is 38.9 Å². The van der Waals surface area contributed by atoms with Gasteiger partial charge in [-0.3, -0.25) is 4.79 Å². The highest BCUT2D eigenvalue weighted by Crippen LogP contribution is 2.38. The van der Waals surface area contributed by atoms with Gasteiger partial charge in [-0.05, 0) is 79.4 Å². The van der Waals surface area contributed by atoms with E-state index in [9.17, 15) is 31.1 Å². The van der Waals surface area contributed by atoms with Gasteiger partial charge in [-0.1, -0.05) is 62.2 Å². The summed E-state index contributed by atoms with van der Waals surface area (Å²) in [6.07, 6.45) is -1.00. The average molecular weight is 567 g/mol. The molecule has 1 saturated heterocycles. The molecule has 3 atom stereocenters. The fraction of sp³-hybridized carbons (Fsp3) is 0.516. The topological polar surface area (TPSA) is 32.3 Å². The van der Waals surface area contributed by atoms with E-state index in [4.69, 9.17) is 0 Å². The van der Waals surface area contributed by atoms with Crippen LogP contribution in [-0.2, 0) is 23.7 Å². The summed E-state index contributed by atoms with van der Waals surface area (Å²) in [6.45, 7) is 4.39. The lowest BCUT2D eigenvalue weighted by Gasteiger charge is -2.36. The Morgan fingerprint density at radius 1 is 1.00 bits per heavy atom.